The maximum Gasteiger partial charge on any atom is 0.224 e. The normalized spacial score (nSPS) is 25.2. The zero-order chi connectivity index (χ0) is 17.1. The zero-order valence-electron chi connectivity index (χ0n) is 13.5. The van der Waals surface area contributed by atoms with Crippen LogP contribution in [0.4, 0.5) is 8.78 Å². The number of halogens is 2. The van der Waals surface area contributed by atoms with E-state index >= 15 is 0 Å². The van der Waals surface area contributed by atoms with E-state index in [1.807, 2.05) is 4.90 Å². The summed E-state index contributed by atoms with van der Waals surface area (Å²) >= 11 is 0. The van der Waals surface area contributed by atoms with Crippen LogP contribution in [0, 0.1) is 11.6 Å². The van der Waals surface area contributed by atoms with E-state index in [1.165, 1.54) is 12.1 Å². The van der Waals surface area contributed by atoms with E-state index in [4.69, 9.17) is 4.74 Å². The highest BCUT2D eigenvalue weighted by Crippen LogP contribution is 2.32. The van der Waals surface area contributed by atoms with Crippen molar-refractivity contribution in [2.24, 2.45) is 0 Å². The molecule has 2 aliphatic rings. The minimum atomic E-state index is -0.891. The van der Waals surface area contributed by atoms with Crippen molar-refractivity contribution >= 4 is 5.91 Å². The zero-order valence-corrected chi connectivity index (χ0v) is 13.5. The molecule has 0 aromatic heterocycles. The second-order valence-electron chi connectivity index (χ2n) is 6.32. The van der Waals surface area contributed by atoms with E-state index in [0.29, 0.717) is 57.8 Å². The summed E-state index contributed by atoms with van der Waals surface area (Å²) in [7, 11) is 0. The molecule has 1 aromatic carbocycles. The van der Waals surface area contributed by atoms with Gasteiger partial charge in [0.1, 0.15) is 0 Å². The first-order valence-corrected chi connectivity index (χ1v) is 8.27. The van der Waals surface area contributed by atoms with Crippen molar-refractivity contribution in [3.05, 3.63) is 35.4 Å². The molecule has 0 radical (unpaired) electrons. The largest absolute Gasteiger partial charge is 0.392 e. The van der Waals surface area contributed by atoms with Gasteiger partial charge in [-0.1, -0.05) is 6.07 Å². The summed E-state index contributed by atoms with van der Waals surface area (Å²) in [5.41, 5.74) is 0.629. The van der Waals surface area contributed by atoms with Gasteiger partial charge in [0.05, 0.1) is 19.3 Å². The summed E-state index contributed by atoms with van der Waals surface area (Å²) in [4.78, 5) is 16.0. The minimum Gasteiger partial charge on any atom is -0.392 e. The molecule has 2 atom stereocenters. The summed E-state index contributed by atoms with van der Waals surface area (Å²) in [5.74, 6) is -1.71. The van der Waals surface area contributed by atoms with Crippen LogP contribution < -0.4 is 0 Å². The van der Waals surface area contributed by atoms with Gasteiger partial charge in [-0.05, 0) is 24.1 Å². The number of amides is 1. The van der Waals surface area contributed by atoms with E-state index < -0.39 is 17.7 Å². The number of carbonyl (C=O) groups is 1. The van der Waals surface area contributed by atoms with E-state index in [0.717, 1.165) is 6.07 Å². The van der Waals surface area contributed by atoms with Crippen molar-refractivity contribution < 1.29 is 23.4 Å². The number of β-amino-alcohol motifs (C(OH)–C–C–N with tert-alkyl or cyclic N) is 1. The molecule has 0 bridgehead atoms. The van der Waals surface area contributed by atoms with Gasteiger partial charge in [-0.2, -0.15) is 0 Å². The van der Waals surface area contributed by atoms with Crippen LogP contribution in [0.15, 0.2) is 18.2 Å². The fraction of sp³-hybridized carbons (Fsp3) is 0.588. The van der Waals surface area contributed by atoms with E-state index in [2.05, 4.69) is 0 Å². The first-order valence-electron chi connectivity index (χ1n) is 8.27. The molecule has 7 heteroatoms. The smallest absolute Gasteiger partial charge is 0.224 e. The standard InChI is InChI=1S/C17H22F2N2O3/c18-14-2-1-12(9-15(14)19)16-10-13(22)11-21(16)4-3-17(23)20-5-7-24-8-6-20/h1-2,9,13,16,22H,3-8,10-11H2/t13-,16-/m0/s1. The number of carbonyl (C=O) groups excluding carboxylic acids is 1. The average Bonchev–Trinajstić information content (AvgIpc) is 2.97. The second-order valence-corrected chi connectivity index (χ2v) is 6.32. The number of benzene rings is 1. The van der Waals surface area contributed by atoms with Crippen molar-refractivity contribution in [3.63, 3.8) is 0 Å². The lowest BCUT2D eigenvalue weighted by Gasteiger charge is -2.29. The van der Waals surface area contributed by atoms with Crippen LogP contribution in [0.2, 0.25) is 0 Å². The van der Waals surface area contributed by atoms with Crippen LogP contribution in [-0.4, -0.2) is 66.3 Å². The number of likely N-dealkylation sites (tertiary alicyclic amines) is 1. The highest BCUT2D eigenvalue weighted by molar-refractivity contribution is 5.76. The molecule has 2 heterocycles. The van der Waals surface area contributed by atoms with Crippen molar-refractivity contribution in [1.82, 2.24) is 9.80 Å². The first-order chi connectivity index (χ1) is 11.5. The Bertz CT molecular complexity index is 593. The molecule has 1 aromatic rings. The SMILES string of the molecule is O=C(CCN1C[C@@H](O)C[C@H]1c1ccc(F)c(F)c1)N1CCOCC1. The van der Waals surface area contributed by atoms with Gasteiger partial charge in [-0.3, -0.25) is 9.69 Å². The van der Waals surface area contributed by atoms with Gasteiger partial charge >= 0.3 is 0 Å². The Balaban J connectivity index is 1.62. The summed E-state index contributed by atoms with van der Waals surface area (Å²) in [6, 6.07) is 3.62. The van der Waals surface area contributed by atoms with Crippen molar-refractivity contribution in [3.8, 4) is 0 Å². The summed E-state index contributed by atoms with van der Waals surface area (Å²) in [6.45, 7) is 3.25. The fourth-order valence-corrected chi connectivity index (χ4v) is 3.40. The van der Waals surface area contributed by atoms with E-state index in [-0.39, 0.29) is 11.9 Å². The number of morpholine rings is 1. The number of nitrogens with zero attached hydrogens (tertiary/aromatic N) is 2. The van der Waals surface area contributed by atoms with E-state index in [1.54, 1.807) is 4.90 Å². The van der Waals surface area contributed by atoms with Gasteiger partial charge in [0.2, 0.25) is 5.91 Å². The molecule has 24 heavy (non-hydrogen) atoms. The Kier molecular flexibility index (Phi) is 5.43. The van der Waals surface area contributed by atoms with Gasteiger partial charge < -0.3 is 14.7 Å². The number of rotatable bonds is 4. The lowest BCUT2D eigenvalue weighted by Crippen LogP contribution is -2.42. The quantitative estimate of drug-likeness (QED) is 0.898. The van der Waals surface area contributed by atoms with Gasteiger partial charge in [0.15, 0.2) is 11.6 Å². The molecule has 2 aliphatic heterocycles. The Morgan fingerprint density at radius 3 is 2.71 bits per heavy atom. The molecule has 0 spiro atoms. The van der Waals surface area contributed by atoms with Gasteiger partial charge in [-0.25, -0.2) is 8.78 Å². The number of aliphatic hydroxyl groups is 1. The molecule has 0 aliphatic carbocycles. The molecule has 0 unspecified atom stereocenters. The Labute approximate surface area is 139 Å². The molecule has 1 amide bonds. The number of hydrogen-bond acceptors (Lipinski definition) is 4. The molecule has 5 nitrogen and oxygen atoms in total. The van der Waals surface area contributed by atoms with Crippen LogP contribution in [0.1, 0.15) is 24.4 Å². The number of hydrogen-bond donors (Lipinski definition) is 1. The lowest BCUT2D eigenvalue weighted by atomic mass is 10.0. The van der Waals surface area contributed by atoms with Crippen LogP contribution in [0.5, 0.6) is 0 Å². The summed E-state index contributed by atoms with van der Waals surface area (Å²) < 4.78 is 31.8. The van der Waals surface area contributed by atoms with Crippen molar-refractivity contribution in [2.45, 2.75) is 25.0 Å². The van der Waals surface area contributed by atoms with Crippen LogP contribution in [0.3, 0.4) is 0 Å². The number of ether oxygens (including phenoxy) is 1. The van der Waals surface area contributed by atoms with Gasteiger partial charge in [0, 0.05) is 38.6 Å². The highest BCUT2D eigenvalue weighted by Gasteiger charge is 2.33. The molecule has 1 N–H and O–H groups in total. The predicted molar refractivity (Wildman–Crippen MR) is 83.3 cm³/mol. The highest BCUT2D eigenvalue weighted by atomic mass is 19.2. The lowest BCUT2D eigenvalue weighted by molar-refractivity contribution is -0.135. The average molecular weight is 340 g/mol. The molecule has 2 fully saturated rings. The third kappa shape index (κ3) is 3.91. The Morgan fingerprint density at radius 2 is 2.00 bits per heavy atom. The van der Waals surface area contributed by atoms with Gasteiger partial charge in [-0.15, -0.1) is 0 Å². The number of aliphatic hydroxyl groups excluding tert-OH is 1. The maximum atomic E-state index is 13.5. The van der Waals surface area contributed by atoms with Gasteiger partial charge in [0.25, 0.3) is 0 Å². The molecule has 2 saturated heterocycles. The minimum absolute atomic E-state index is 0.0590. The molecule has 132 valence electrons. The Morgan fingerprint density at radius 1 is 1.25 bits per heavy atom. The first kappa shape index (κ1) is 17.3. The maximum absolute atomic E-state index is 13.5. The summed E-state index contributed by atoms with van der Waals surface area (Å²) in [5, 5.41) is 9.95. The van der Waals surface area contributed by atoms with Crippen molar-refractivity contribution in [2.75, 3.05) is 39.4 Å². The summed E-state index contributed by atoms with van der Waals surface area (Å²) in [6.07, 6.45) is 0.269. The Hall–Kier alpha value is -1.57. The topological polar surface area (TPSA) is 53.0 Å². The van der Waals surface area contributed by atoms with Crippen LogP contribution in [0.25, 0.3) is 0 Å². The monoisotopic (exact) mass is 340 g/mol. The third-order valence-corrected chi connectivity index (χ3v) is 4.69. The second kappa shape index (κ2) is 7.55. The van der Waals surface area contributed by atoms with Crippen LogP contribution in [-0.2, 0) is 9.53 Å². The third-order valence-electron chi connectivity index (χ3n) is 4.69. The molecular formula is C17H22F2N2O3. The van der Waals surface area contributed by atoms with Crippen LogP contribution >= 0.6 is 0 Å². The molecule has 3 rings (SSSR count). The fourth-order valence-electron chi connectivity index (χ4n) is 3.40. The molecular weight excluding hydrogens is 318 g/mol. The van der Waals surface area contributed by atoms with Crippen molar-refractivity contribution in [1.29, 1.82) is 0 Å². The molecule has 0 saturated carbocycles. The van der Waals surface area contributed by atoms with E-state index in [9.17, 15) is 18.7 Å². The predicted octanol–water partition coefficient (Wildman–Crippen LogP) is 1.32.